The third kappa shape index (κ3) is 5.35. The second-order valence-corrected chi connectivity index (χ2v) is 6.06. The molecular weight excluding hydrogens is 346 g/mol. The van der Waals surface area contributed by atoms with E-state index in [-0.39, 0.29) is 18.4 Å². The quantitative estimate of drug-likeness (QED) is 0.617. The molecule has 0 aromatic heterocycles. The Kier molecular flexibility index (Phi) is 7.06. The standard InChI is InChI=1S/C17H22ClN3O4/c1-24-14-9-12(8-13(18)17(14)25-2)10-19-20-15(22)11-21-7-5-3-4-6-16(21)23/h8-10H,3-7,11H2,1-2H3,(H,20,22)/b19-10-. The van der Waals surface area contributed by atoms with Gasteiger partial charge in [0, 0.05) is 13.0 Å². The lowest BCUT2D eigenvalue weighted by molar-refractivity contribution is -0.135. The minimum absolute atomic E-state index is 0.0167. The third-order valence-electron chi connectivity index (χ3n) is 3.86. The van der Waals surface area contributed by atoms with Gasteiger partial charge in [-0.25, -0.2) is 5.43 Å². The monoisotopic (exact) mass is 367 g/mol. The molecule has 1 aliphatic heterocycles. The van der Waals surface area contributed by atoms with Gasteiger partial charge in [-0.1, -0.05) is 18.0 Å². The third-order valence-corrected chi connectivity index (χ3v) is 4.15. The average molecular weight is 368 g/mol. The summed E-state index contributed by atoms with van der Waals surface area (Å²) in [7, 11) is 3.01. The highest BCUT2D eigenvalue weighted by atomic mass is 35.5. The summed E-state index contributed by atoms with van der Waals surface area (Å²) >= 11 is 6.12. The van der Waals surface area contributed by atoms with Gasteiger partial charge < -0.3 is 14.4 Å². The smallest absolute Gasteiger partial charge is 0.259 e. The Morgan fingerprint density at radius 1 is 1.32 bits per heavy atom. The minimum Gasteiger partial charge on any atom is -0.493 e. The molecule has 1 saturated heterocycles. The molecule has 0 atom stereocenters. The molecule has 7 nitrogen and oxygen atoms in total. The van der Waals surface area contributed by atoms with Crippen molar-refractivity contribution in [1.29, 1.82) is 0 Å². The number of likely N-dealkylation sites (tertiary alicyclic amines) is 1. The summed E-state index contributed by atoms with van der Waals surface area (Å²) in [4.78, 5) is 25.4. The molecule has 2 amide bonds. The summed E-state index contributed by atoms with van der Waals surface area (Å²) in [5.74, 6) is 0.587. The van der Waals surface area contributed by atoms with Crippen LogP contribution in [0, 0.1) is 0 Å². The van der Waals surface area contributed by atoms with Crippen LogP contribution in [0.25, 0.3) is 0 Å². The maximum atomic E-state index is 12.0. The van der Waals surface area contributed by atoms with Gasteiger partial charge >= 0.3 is 0 Å². The van der Waals surface area contributed by atoms with E-state index in [9.17, 15) is 9.59 Å². The molecular formula is C17H22ClN3O4. The summed E-state index contributed by atoms with van der Waals surface area (Å²) < 4.78 is 10.4. The van der Waals surface area contributed by atoms with Crippen molar-refractivity contribution in [1.82, 2.24) is 10.3 Å². The van der Waals surface area contributed by atoms with Crippen LogP contribution in [-0.4, -0.2) is 50.2 Å². The molecule has 25 heavy (non-hydrogen) atoms. The normalized spacial score (nSPS) is 15.2. The Hall–Kier alpha value is -2.28. The highest BCUT2D eigenvalue weighted by molar-refractivity contribution is 6.32. The number of hydrogen-bond acceptors (Lipinski definition) is 5. The maximum absolute atomic E-state index is 12.0. The number of amides is 2. The fourth-order valence-electron chi connectivity index (χ4n) is 2.61. The molecule has 1 heterocycles. The van der Waals surface area contributed by atoms with E-state index in [2.05, 4.69) is 10.5 Å². The second kappa shape index (κ2) is 9.27. The first kappa shape index (κ1) is 19.1. The number of nitrogens with zero attached hydrogens (tertiary/aromatic N) is 2. The Morgan fingerprint density at radius 2 is 2.12 bits per heavy atom. The van der Waals surface area contributed by atoms with E-state index >= 15 is 0 Å². The lowest BCUT2D eigenvalue weighted by Crippen LogP contribution is -2.39. The van der Waals surface area contributed by atoms with Crippen LogP contribution in [0.2, 0.25) is 5.02 Å². The van der Waals surface area contributed by atoms with Crippen molar-refractivity contribution in [2.45, 2.75) is 25.7 Å². The van der Waals surface area contributed by atoms with E-state index in [4.69, 9.17) is 21.1 Å². The number of hydrogen-bond donors (Lipinski definition) is 1. The van der Waals surface area contributed by atoms with Gasteiger partial charge in [0.15, 0.2) is 11.5 Å². The lowest BCUT2D eigenvalue weighted by atomic mass is 10.2. The molecule has 0 unspecified atom stereocenters. The zero-order valence-electron chi connectivity index (χ0n) is 14.4. The molecule has 0 bridgehead atoms. The zero-order valence-corrected chi connectivity index (χ0v) is 15.1. The SMILES string of the molecule is COc1cc(/C=N\NC(=O)CN2CCCCCC2=O)cc(Cl)c1OC. The van der Waals surface area contributed by atoms with Crippen molar-refractivity contribution >= 4 is 29.6 Å². The van der Waals surface area contributed by atoms with Crippen molar-refractivity contribution in [3.8, 4) is 11.5 Å². The first-order valence-electron chi connectivity index (χ1n) is 8.06. The number of nitrogens with one attached hydrogen (secondary N) is 1. The maximum Gasteiger partial charge on any atom is 0.259 e. The van der Waals surface area contributed by atoms with Gasteiger partial charge in [-0.2, -0.15) is 5.10 Å². The number of methoxy groups -OCH3 is 2. The summed E-state index contributed by atoms with van der Waals surface area (Å²) in [6.45, 7) is 0.629. The van der Waals surface area contributed by atoms with Crippen LogP contribution in [0.4, 0.5) is 0 Å². The van der Waals surface area contributed by atoms with Crippen molar-refractivity contribution in [2.24, 2.45) is 5.10 Å². The van der Waals surface area contributed by atoms with E-state index in [0.717, 1.165) is 19.3 Å². The van der Waals surface area contributed by atoms with E-state index in [0.29, 0.717) is 35.1 Å². The summed E-state index contributed by atoms with van der Waals surface area (Å²) in [6.07, 6.45) is 4.78. The molecule has 1 aromatic rings. The molecule has 1 aliphatic rings. The first-order chi connectivity index (χ1) is 12.0. The minimum atomic E-state index is -0.335. The molecule has 0 radical (unpaired) electrons. The van der Waals surface area contributed by atoms with Crippen LogP contribution >= 0.6 is 11.6 Å². The summed E-state index contributed by atoms with van der Waals surface area (Å²) in [6, 6.07) is 3.34. The van der Waals surface area contributed by atoms with Gasteiger partial charge in [-0.15, -0.1) is 0 Å². The molecule has 1 fully saturated rings. The van der Waals surface area contributed by atoms with Crippen molar-refractivity contribution < 1.29 is 19.1 Å². The predicted molar refractivity (Wildman–Crippen MR) is 95.3 cm³/mol. The highest BCUT2D eigenvalue weighted by Gasteiger charge is 2.18. The van der Waals surface area contributed by atoms with Gasteiger partial charge in [0.1, 0.15) is 6.54 Å². The Balaban J connectivity index is 1.95. The Bertz CT molecular complexity index is 664. The summed E-state index contributed by atoms with van der Waals surface area (Å²) in [5, 5.41) is 4.29. The van der Waals surface area contributed by atoms with E-state index in [1.165, 1.54) is 20.4 Å². The largest absolute Gasteiger partial charge is 0.493 e. The Morgan fingerprint density at radius 3 is 2.84 bits per heavy atom. The van der Waals surface area contributed by atoms with Gasteiger partial charge in [0.05, 0.1) is 25.5 Å². The molecule has 1 aromatic carbocycles. The van der Waals surface area contributed by atoms with Gasteiger partial charge in [-0.05, 0) is 30.5 Å². The van der Waals surface area contributed by atoms with E-state index in [1.807, 2.05) is 0 Å². The van der Waals surface area contributed by atoms with Gasteiger partial charge in [0.25, 0.3) is 5.91 Å². The van der Waals surface area contributed by atoms with Crippen LogP contribution in [0.1, 0.15) is 31.2 Å². The number of halogens is 1. The van der Waals surface area contributed by atoms with Crippen LogP contribution < -0.4 is 14.9 Å². The number of carbonyl (C=O) groups excluding carboxylic acids is 2. The molecule has 0 saturated carbocycles. The molecule has 0 aliphatic carbocycles. The number of ether oxygens (including phenoxy) is 2. The molecule has 2 rings (SSSR count). The van der Waals surface area contributed by atoms with Crippen LogP contribution in [0.5, 0.6) is 11.5 Å². The topological polar surface area (TPSA) is 80.2 Å². The van der Waals surface area contributed by atoms with Gasteiger partial charge in [-0.3, -0.25) is 9.59 Å². The number of carbonyl (C=O) groups is 2. The van der Waals surface area contributed by atoms with Crippen molar-refractivity contribution in [2.75, 3.05) is 27.3 Å². The molecule has 136 valence electrons. The number of rotatable bonds is 6. The highest BCUT2D eigenvalue weighted by Crippen LogP contribution is 2.35. The molecule has 0 spiro atoms. The first-order valence-corrected chi connectivity index (χ1v) is 8.44. The Labute approximate surface area is 151 Å². The summed E-state index contributed by atoms with van der Waals surface area (Å²) in [5.41, 5.74) is 3.07. The van der Waals surface area contributed by atoms with Crippen LogP contribution in [0.15, 0.2) is 17.2 Å². The number of hydrazone groups is 1. The second-order valence-electron chi connectivity index (χ2n) is 5.66. The zero-order chi connectivity index (χ0) is 18.2. The lowest BCUT2D eigenvalue weighted by Gasteiger charge is -2.18. The van der Waals surface area contributed by atoms with Crippen LogP contribution in [0.3, 0.4) is 0 Å². The van der Waals surface area contributed by atoms with Gasteiger partial charge in [0.2, 0.25) is 5.91 Å². The van der Waals surface area contributed by atoms with E-state index < -0.39 is 0 Å². The van der Waals surface area contributed by atoms with Crippen molar-refractivity contribution in [3.05, 3.63) is 22.7 Å². The molecule has 8 heteroatoms. The van der Waals surface area contributed by atoms with Crippen molar-refractivity contribution in [3.63, 3.8) is 0 Å². The fraction of sp³-hybridized carbons (Fsp3) is 0.471. The molecule has 1 N–H and O–H groups in total. The predicted octanol–water partition coefficient (Wildman–Crippen LogP) is 2.21. The fourth-order valence-corrected chi connectivity index (χ4v) is 2.90. The number of benzene rings is 1. The average Bonchev–Trinajstić information content (AvgIpc) is 2.79. The van der Waals surface area contributed by atoms with Crippen LogP contribution in [-0.2, 0) is 9.59 Å². The van der Waals surface area contributed by atoms with E-state index in [1.54, 1.807) is 17.0 Å².